The molecular weight excluding hydrogens is 415 g/mol. The second-order valence-electron chi connectivity index (χ2n) is 6.19. The molecule has 1 saturated carbocycles. The van der Waals surface area contributed by atoms with Crippen LogP contribution in [0, 0.1) is 12.8 Å². The quantitative estimate of drug-likeness (QED) is 0.737. The number of amides is 1. The van der Waals surface area contributed by atoms with E-state index in [4.69, 9.17) is 5.73 Å². The van der Waals surface area contributed by atoms with Crippen molar-refractivity contribution in [2.45, 2.75) is 50.7 Å². The molecule has 4 nitrogen and oxygen atoms in total. The fourth-order valence-corrected chi connectivity index (χ4v) is 3.85. The van der Waals surface area contributed by atoms with E-state index >= 15 is 0 Å². The van der Waals surface area contributed by atoms with E-state index in [0.29, 0.717) is 5.56 Å². The normalized spacial score (nSPS) is 22.0. The summed E-state index contributed by atoms with van der Waals surface area (Å²) in [5.41, 5.74) is 5.11. The molecule has 2 rings (SSSR count). The molecule has 2 N–H and O–H groups in total. The number of nitrogens with zero attached hydrogens (tertiary/aromatic N) is 1. The van der Waals surface area contributed by atoms with Gasteiger partial charge in [0.1, 0.15) is 5.69 Å². The number of aryl methyl sites for hydroxylation is 1. The SMILES string of the molecule is Cc1cc(Br)c(=O)n(C2CCC(C(F)(F)C(F)(F)F)CC2)c1C(N)=O. The van der Waals surface area contributed by atoms with Crippen molar-refractivity contribution in [2.24, 2.45) is 11.7 Å². The molecule has 140 valence electrons. The van der Waals surface area contributed by atoms with Crippen molar-refractivity contribution in [3.05, 3.63) is 32.2 Å². The average molecular weight is 431 g/mol. The molecule has 1 aliphatic rings. The highest BCUT2D eigenvalue weighted by Gasteiger charge is 2.62. The molecule has 0 saturated heterocycles. The first-order chi connectivity index (χ1) is 11.4. The standard InChI is InChI=1S/C15H16BrF5N2O2/c1-7-6-10(16)13(25)23(11(7)12(22)24)9-4-2-8(3-5-9)14(17,18)15(19,20)21/h6,8-9H,2-5H2,1H3,(H2,22,24). The van der Waals surface area contributed by atoms with Gasteiger partial charge in [0.05, 0.1) is 4.47 Å². The number of aromatic nitrogens is 1. The molecule has 1 fully saturated rings. The first kappa shape index (κ1) is 19.9. The van der Waals surface area contributed by atoms with Gasteiger partial charge in [0.2, 0.25) is 0 Å². The maximum Gasteiger partial charge on any atom is 0.453 e. The molecular formula is C15H16BrF5N2O2. The maximum atomic E-state index is 13.5. The number of rotatable bonds is 3. The van der Waals surface area contributed by atoms with Crippen molar-refractivity contribution in [1.82, 2.24) is 4.57 Å². The highest BCUT2D eigenvalue weighted by Crippen LogP contribution is 2.48. The Morgan fingerprint density at radius 2 is 1.72 bits per heavy atom. The number of carbonyl (C=O) groups is 1. The zero-order valence-corrected chi connectivity index (χ0v) is 14.8. The Labute approximate surface area is 148 Å². The Morgan fingerprint density at radius 1 is 1.20 bits per heavy atom. The molecule has 25 heavy (non-hydrogen) atoms. The van der Waals surface area contributed by atoms with Crippen LogP contribution in [0.1, 0.15) is 47.8 Å². The average Bonchev–Trinajstić information content (AvgIpc) is 2.49. The Morgan fingerprint density at radius 3 is 2.16 bits per heavy atom. The predicted molar refractivity (Wildman–Crippen MR) is 83.7 cm³/mol. The molecule has 10 heteroatoms. The number of halogens is 6. The van der Waals surface area contributed by atoms with E-state index in [2.05, 4.69) is 15.9 Å². The third kappa shape index (κ3) is 3.58. The lowest BCUT2D eigenvalue weighted by Crippen LogP contribution is -2.45. The molecule has 0 aromatic carbocycles. The summed E-state index contributed by atoms with van der Waals surface area (Å²) in [6.07, 6.45) is -6.58. The first-order valence-corrected chi connectivity index (χ1v) is 8.33. The summed E-state index contributed by atoms with van der Waals surface area (Å²) in [5.74, 6) is -7.47. The third-order valence-electron chi connectivity index (χ3n) is 4.57. The van der Waals surface area contributed by atoms with E-state index in [0.717, 1.165) is 4.57 Å². The van der Waals surface area contributed by atoms with Crippen molar-refractivity contribution in [3.8, 4) is 0 Å². The summed E-state index contributed by atoms with van der Waals surface area (Å²) in [6, 6.07) is 0.758. The van der Waals surface area contributed by atoms with Crippen LogP contribution in [0.25, 0.3) is 0 Å². The lowest BCUT2D eigenvalue weighted by Gasteiger charge is -2.35. The summed E-state index contributed by atoms with van der Waals surface area (Å²) >= 11 is 3.06. The van der Waals surface area contributed by atoms with Gasteiger partial charge in [-0.3, -0.25) is 14.2 Å². The molecule has 1 aromatic heterocycles. The lowest BCUT2D eigenvalue weighted by atomic mass is 9.81. The van der Waals surface area contributed by atoms with Crippen LogP contribution in [-0.2, 0) is 0 Å². The van der Waals surface area contributed by atoms with E-state index in [1.807, 2.05) is 0 Å². The van der Waals surface area contributed by atoms with Gasteiger partial charge < -0.3 is 5.73 Å². The van der Waals surface area contributed by atoms with Crippen LogP contribution in [0.2, 0.25) is 0 Å². The fourth-order valence-electron chi connectivity index (χ4n) is 3.32. The molecule has 0 radical (unpaired) electrons. The van der Waals surface area contributed by atoms with Crippen LogP contribution in [0.3, 0.4) is 0 Å². The number of pyridine rings is 1. The highest BCUT2D eigenvalue weighted by molar-refractivity contribution is 9.10. The largest absolute Gasteiger partial charge is 0.453 e. The van der Waals surface area contributed by atoms with Crippen molar-refractivity contribution >= 4 is 21.8 Å². The predicted octanol–water partition coefficient (Wildman–Crippen LogP) is 3.95. The number of alkyl halides is 5. The summed E-state index contributed by atoms with van der Waals surface area (Å²) < 4.78 is 65.8. The first-order valence-electron chi connectivity index (χ1n) is 7.54. The van der Waals surface area contributed by atoms with Gasteiger partial charge in [-0.15, -0.1) is 0 Å². The third-order valence-corrected chi connectivity index (χ3v) is 5.13. The van der Waals surface area contributed by atoms with Gasteiger partial charge in [-0.25, -0.2) is 0 Å². The van der Waals surface area contributed by atoms with E-state index in [1.54, 1.807) is 6.92 Å². The fraction of sp³-hybridized carbons (Fsp3) is 0.600. The zero-order valence-electron chi connectivity index (χ0n) is 13.2. The minimum Gasteiger partial charge on any atom is -0.364 e. The summed E-state index contributed by atoms with van der Waals surface area (Å²) in [5, 5.41) is 0. The Hall–Kier alpha value is -1.45. The van der Waals surface area contributed by atoms with E-state index < -0.39 is 48.4 Å². The van der Waals surface area contributed by atoms with Crippen LogP contribution >= 0.6 is 15.9 Å². The Kier molecular flexibility index (Phi) is 5.32. The smallest absolute Gasteiger partial charge is 0.364 e. The Balaban J connectivity index is 2.33. The summed E-state index contributed by atoms with van der Waals surface area (Å²) in [4.78, 5) is 24.0. The van der Waals surface area contributed by atoms with Crippen LogP contribution in [0.4, 0.5) is 22.0 Å². The number of nitrogens with two attached hydrogens (primary N) is 1. The molecule has 0 atom stereocenters. The molecule has 0 aliphatic heterocycles. The van der Waals surface area contributed by atoms with Gasteiger partial charge >= 0.3 is 12.1 Å². The number of hydrogen-bond donors (Lipinski definition) is 1. The van der Waals surface area contributed by atoms with Gasteiger partial charge in [0, 0.05) is 12.0 Å². The van der Waals surface area contributed by atoms with E-state index in [9.17, 15) is 31.5 Å². The van der Waals surface area contributed by atoms with Crippen molar-refractivity contribution in [2.75, 3.05) is 0 Å². The second-order valence-corrected chi connectivity index (χ2v) is 7.04. The molecule has 1 aromatic rings. The van der Waals surface area contributed by atoms with Gasteiger partial charge in [-0.05, 0) is 60.2 Å². The molecule has 0 spiro atoms. The van der Waals surface area contributed by atoms with E-state index in [-0.39, 0.29) is 23.0 Å². The van der Waals surface area contributed by atoms with Crippen LogP contribution in [-0.4, -0.2) is 22.6 Å². The lowest BCUT2D eigenvalue weighted by molar-refractivity contribution is -0.306. The van der Waals surface area contributed by atoms with Gasteiger partial charge in [-0.1, -0.05) is 0 Å². The molecule has 1 heterocycles. The molecule has 0 bridgehead atoms. The number of primary amides is 1. The van der Waals surface area contributed by atoms with E-state index in [1.165, 1.54) is 6.07 Å². The monoisotopic (exact) mass is 430 g/mol. The summed E-state index contributed by atoms with van der Waals surface area (Å²) in [6.45, 7) is 1.56. The number of carbonyl (C=O) groups excluding carboxylic acids is 1. The zero-order chi connectivity index (χ0) is 19.2. The van der Waals surface area contributed by atoms with Crippen LogP contribution in [0.5, 0.6) is 0 Å². The van der Waals surface area contributed by atoms with Crippen molar-refractivity contribution < 1.29 is 26.7 Å². The minimum absolute atomic E-state index is 0.0563. The van der Waals surface area contributed by atoms with Gasteiger partial charge in [0.15, 0.2) is 0 Å². The number of hydrogen-bond acceptors (Lipinski definition) is 2. The van der Waals surface area contributed by atoms with Gasteiger partial charge in [0.25, 0.3) is 11.5 Å². The molecule has 0 unspecified atom stereocenters. The maximum absolute atomic E-state index is 13.5. The van der Waals surface area contributed by atoms with Crippen molar-refractivity contribution in [1.29, 1.82) is 0 Å². The molecule has 1 amide bonds. The second kappa shape index (κ2) is 6.69. The molecule has 1 aliphatic carbocycles. The van der Waals surface area contributed by atoms with Gasteiger partial charge in [-0.2, -0.15) is 22.0 Å². The van der Waals surface area contributed by atoms with Crippen LogP contribution in [0.15, 0.2) is 15.3 Å². The Bertz CT molecular complexity index is 737. The highest BCUT2D eigenvalue weighted by atomic mass is 79.9. The topological polar surface area (TPSA) is 65.1 Å². The minimum atomic E-state index is -5.61. The van der Waals surface area contributed by atoms with Crippen molar-refractivity contribution in [3.63, 3.8) is 0 Å². The van der Waals surface area contributed by atoms with Crippen LogP contribution < -0.4 is 11.3 Å². The summed E-state index contributed by atoms with van der Waals surface area (Å²) in [7, 11) is 0.